The van der Waals surface area contributed by atoms with Crippen molar-refractivity contribution in [2.24, 2.45) is 0 Å². The molecule has 0 saturated heterocycles. The van der Waals surface area contributed by atoms with Gasteiger partial charge < -0.3 is 23.7 Å². The molecule has 2 heterocycles. The molecule has 2 aromatic heterocycles. The zero-order valence-electron chi connectivity index (χ0n) is 31.8. The number of rotatable bonds is 4. The number of halogens is 4. The number of hydrogen-bond donors (Lipinski definition) is 0. The molecule has 0 aliphatic rings. The van der Waals surface area contributed by atoms with E-state index in [1.807, 2.05) is 62.4 Å². The second-order valence-corrected chi connectivity index (χ2v) is 13.6. The molecule has 0 spiro atoms. The van der Waals surface area contributed by atoms with Gasteiger partial charge in [-0.05, 0) is 112 Å². The minimum atomic E-state index is 0. The first-order valence-electron chi connectivity index (χ1n) is 16.4. The summed E-state index contributed by atoms with van der Waals surface area (Å²) in [5, 5.41) is 6.51. The SMILES string of the molecule is Cc1ccc(-c2cc3c(-c4ccc(Cl)cc4)c(C)c(C)cc3[cH-]2)o1.Cc1ccc(-c2cc3c(-c4ccc(Cl)cc4)c(C)c(C)cc3[cH-]2)o1.Cl.Cl.[CH3-].[CH3-].[Si]=[Zr]. The van der Waals surface area contributed by atoms with E-state index in [0.29, 0.717) is 0 Å². The van der Waals surface area contributed by atoms with Crippen molar-refractivity contribution in [1.82, 2.24) is 0 Å². The second kappa shape index (κ2) is 20.2. The molecule has 0 atom stereocenters. The van der Waals surface area contributed by atoms with E-state index in [0.717, 1.165) is 44.2 Å². The summed E-state index contributed by atoms with van der Waals surface area (Å²) in [7, 11) is 0. The van der Waals surface area contributed by atoms with E-state index in [4.69, 9.17) is 32.0 Å². The Labute approximate surface area is 360 Å². The fourth-order valence-corrected chi connectivity index (χ4v) is 6.90. The van der Waals surface area contributed by atoms with Crippen LogP contribution in [0.25, 0.3) is 66.4 Å². The average molecular weight is 890 g/mol. The Morgan fingerprint density at radius 1 is 0.500 bits per heavy atom. The van der Waals surface area contributed by atoms with E-state index in [2.05, 4.69) is 95.2 Å². The van der Waals surface area contributed by atoms with Gasteiger partial charge in [-0.25, -0.2) is 0 Å². The maximum absolute atomic E-state index is 6.06. The molecule has 0 N–H and O–H groups in total. The molecule has 0 saturated carbocycles. The molecule has 8 heteroatoms. The van der Waals surface area contributed by atoms with Crippen LogP contribution in [0.4, 0.5) is 0 Å². The maximum atomic E-state index is 6.06. The Bertz CT molecular complexity index is 2280. The summed E-state index contributed by atoms with van der Waals surface area (Å²) < 4.78 is 11.6. The molecule has 0 aliphatic heterocycles. The van der Waals surface area contributed by atoms with Crippen LogP contribution in [-0.4, -0.2) is 6.88 Å². The van der Waals surface area contributed by atoms with Gasteiger partial charge in [-0.3, -0.25) is 0 Å². The van der Waals surface area contributed by atoms with E-state index in [9.17, 15) is 0 Å². The number of benzene rings is 4. The zero-order valence-corrected chi connectivity index (χ0v) is 38.4. The van der Waals surface area contributed by atoms with E-state index in [1.54, 1.807) is 0 Å². The van der Waals surface area contributed by atoms with E-state index >= 15 is 0 Å². The Morgan fingerprint density at radius 2 is 0.833 bits per heavy atom. The molecule has 8 rings (SSSR count). The van der Waals surface area contributed by atoms with Crippen molar-refractivity contribution in [3.8, 4) is 44.9 Å². The summed E-state index contributed by atoms with van der Waals surface area (Å²) in [4.78, 5) is 0. The van der Waals surface area contributed by atoms with Gasteiger partial charge in [-0.1, -0.05) is 80.8 Å². The van der Waals surface area contributed by atoms with Crippen molar-refractivity contribution in [2.75, 3.05) is 0 Å². The van der Waals surface area contributed by atoms with Gasteiger partial charge in [0.2, 0.25) is 0 Å². The van der Waals surface area contributed by atoms with Crippen molar-refractivity contribution in [2.45, 2.75) is 41.5 Å². The molecular formula is C46H44Cl4O2SiZr-4. The van der Waals surface area contributed by atoms with Gasteiger partial charge >= 0.3 is 30.2 Å². The number of hydrogen-bond acceptors (Lipinski definition) is 2. The zero-order chi connectivity index (χ0) is 35.7. The van der Waals surface area contributed by atoms with Crippen molar-refractivity contribution in [1.29, 1.82) is 0 Å². The first-order chi connectivity index (χ1) is 24.0. The van der Waals surface area contributed by atoms with Crippen LogP contribution in [0.5, 0.6) is 0 Å². The normalized spacial score (nSPS) is 10.1. The molecule has 280 valence electrons. The third-order valence-corrected chi connectivity index (χ3v) is 9.88. The third-order valence-electron chi connectivity index (χ3n) is 9.37. The second-order valence-electron chi connectivity index (χ2n) is 12.7. The van der Waals surface area contributed by atoms with E-state index in [-0.39, 0.29) is 39.7 Å². The Morgan fingerprint density at radius 3 is 1.13 bits per heavy atom. The van der Waals surface area contributed by atoms with Crippen LogP contribution in [0.3, 0.4) is 0 Å². The molecule has 0 unspecified atom stereocenters. The number of aryl methyl sites for hydroxylation is 4. The molecule has 6 aromatic carbocycles. The van der Waals surface area contributed by atoms with Gasteiger partial charge in [-0.2, -0.15) is 0 Å². The van der Waals surface area contributed by atoms with Gasteiger partial charge in [0.1, 0.15) is 0 Å². The Kier molecular flexibility index (Phi) is 17.6. The summed E-state index contributed by atoms with van der Waals surface area (Å²) in [6.07, 6.45) is 0. The van der Waals surface area contributed by atoms with Gasteiger partial charge in [0.15, 0.2) is 0 Å². The number of fused-ring (bicyclic) bond motifs is 2. The Balaban J connectivity index is 0.000000334. The summed E-state index contributed by atoms with van der Waals surface area (Å²) in [6, 6.07) is 37.6. The molecule has 54 heavy (non-hydrogen) atoms. The number of furan rings is 2. The van der Waals surface area contributed by atoms with E-state index in [1.165, 1.54) is 89.4 Å². The van der Waals surface area contributed by atoms with Gasteiger partial charge in [0, 0.05) is 10.0 Å². The standard InChI is InChI=1S/2C22H18ClO.2CH3.2ClH.Si.Zr/c2*1-13-10-17-11-18(21-9-4-14(2)24-21)12-20(17)22(15(13)3)16-5-7-19(23)8-6-16;;;;;;/h2*4-12H,1-3H3;2*1H3;2*1H;;/q4*-1;;;;. The molecule has 0 aliphatic carbocycles. The van der Waals surface area contributed by atoms with Crippen LogP contribution in [-0.2, 0) is 23.3 Å². The predicted molar refractivity (Wildman–Crippen MR) is 237 cm³/mol. The average Bonchev–Trinajstić information content (AvgIpc) is 3.92. The fourth-order valence-electron chi connectivity index (χ4n) is 6.65. The quantitative estimate of drug-likeness (QED) is 0.130. The predicted octanol–water partition coefficient (Wildman–Crippen LogP) is 15.5. The van der Waals surface area contributed by atoms with Crippen LogP contribution in [0.2, 0.25) is 10.0 Å². The molecule has 2 nitrogen and oxygen atoms in total. The van der Waals surface area contributed by atoms with E-state index < -0.39 is 0 Å². The van der Waals surface area contributed by atoms with Gasteiger partial charge in [0.25, 0.3) is 0 Å². The third kappa shape index (κ3) is 9.83. The molecule has 0 amide bonds. The monoisotopic (exact) mass is 886 g/mol. The topological polar surface area (TPSA) is 26.3 Å². The van der Waals surface area contributed by atoms with Crippen LogP contribution in [0, 0.1) is 56.4 Å². The molecule has 8 aromatic rings. The van der Waals surface area contributed by atoms with Gasteiger partial charge in [0.05, 0.1) is 23.0 Å². The van der Waals surface area contributed by atoms with Crippen molar-refractivity contribution >= 4 is 76.4 Å². The fraction of sp³-hybridized carbons (Fsp3) is 0.130. The molecule has 0 fully saturated rings. The minimum absolute atomic E-state index is 0. The van der Waals surface area contributed by atoms with Crippen molar-refractivity contribution in [3.63, 3.8) is 0 Å². The first-order valence-corrected chi connectivity index (χ1v) is 21.3. The molecule has 0 bridgehead atoms. The van der Waals surface area contributed by atoms with Crippen LogP contribution in [0.1, 0.15) is 33.8 Å². The summed E-state index contributed by atoms with van der Waals surface area (Å²) in [5.74, 6) is 3.70. The van der Waals surface area contributed by atoms with Crippen molar-refractivity contribution < 1.29 is 32.2 Å². The molecular weight excluding hydrogens is 846 g/mol. The van der Waals surface area contributed by atoms with Crippen LogP contribution >= 0.6 is 48.0 Å². The van der Waals surface area contributed by atoms with Crippen molar-refractivity contribution in [3.05, 3.63) is 168 Å². The summed E-state index contributed by atoms with van der Waals surface area (Å²) in [5.41, 5.74) is 12.4. The Hall–Kier alpha value is -3.08. The summed E-state index contributed by atoms with van der Waals surface area (Å²) >= 11 is 13.5. The first kappa shape index (κ1) is 47.1. The van der Waals surface area contributed by atoms with Crippen LogP contribution < -0.4 is 0 Å². The summed E-state index contributed by atoms with van der Waals surface area (Å²) in [6.45, 7) is 15.7. The molecule has 2 radical (unpaired) electrons. The van der Waals surface area contributed by atoms with Crippen LogP contribution in [0.15, 0.2) is 118 Å². The van der Waals surface area contributed by atoms with Gasteiger partial charge in [-0.15, -0.1) is 82.8 Å².